The Labute approximate surface area is 141 Å². The Hall–Kier alpha value is -3.27. The van der Waals surface area contributed by atoms with E-state index in [-0.39, 0.29) is 5.91 Å². The Morgan fingerprint density at radius 2 is 1.46 bits per heavy atom. The largest absolute Gasteiger partial charge is 0.399 e. The minimum absolute atomic E-state index is 0.0918. The van der Waals surface area contributed by atoms with E-state index in [1.165, 1.54) is 6.92 Å². The fourth-order valence-corrected chi connectivity index (χ4v) is 2.57. The highest BCUT2D eigenvalue weighted by molar-refractivity contribution is 5.90. The zero-order chi connectivity index (χ0) is 16.9. The Balaban J connectivity index is 2.08. The minimum atomic E-state index is -0.0918. The minimum Gasteiger partial charge on any atom is -0.399 e. The number of hydrogen-bond donors (Lipinski definition) is 2. The third-order valence-electron chi connectivity index (χ3n) is 3.59. The number of anilines is 5. The molecule has 24 heavy (non-hydrogen) atoms. The molecule has 0 aliphatic rings. The van der Waals surface area contributed by atoms with Gasteiger partial charge in [0, 0.05) is 35.4 Å². The average Bonchev–Trinajstić information content (AvgIpc) is 2.58. The predicted octanol–water partition coefficient (Wildman–Crippen LogP) is 4.70. The summed E-state index contributed by atoms with van der Waals surface area (Å²) in [6.07, 6.45) is 0. The molecule has 4 nitrogen and oxygen atoms in total. The van der Waals surface area contributed by atoms with Gasteiger partial charge >= 0.3 is 0 Å². The zero-order valence-corrected chi connectivity index (χ0v) is 13.4. The van der Waals surface area contributed by atoms with Gasteiger partial charge in [0.25, 0.3) is 0 Å². The first-order valence-corrected chi connectivity index (χ1v) is 7.72. The quantitative estimate of drug-likeness (QED) is 0.686. The number of benzene rings is 3. The molecule has 1 amide bonds. The van der Waals surface area contributed by atoms with E-state index in [0.717, 1.165) is 28.4 Å². The number of amides is 1. The van der Waals surface area contributed by atoms with Crippen LogP contribution in [0.15, 0.2) is 78.9 Å². The molecule has 3 rings (SSSR count). The summed E-state index contributed by atoms with van der Waals surface area (Å²) in [6, 6.07) is 25.5. The van der Waals surface area contributed by atoms with E-state index >= 15 is 0 Å². The molecular formula is C20H19N3O. The maximum Gasteiger partial charge on any atom is 0.221 e. The van der Waals surface area contributed by atoms with Gasteiger partial charge in [0.1, 0.15) is 0 Å². The van der Waals surface area contributed by atoms with E-state index < -0.39 is 0 Å². The lowest BCUT2D eigenvalue weighted by Crippen LogP contribution is -2.11. The van der Waals surface area contributed by atoms with Crippen molar-refractivity contribution < 1.29 is 4.79 Å². The molecule has 0 fully saturated rings. The summed E-state index contributed by atoms with van der Waals surface area (Å²) < 4.78 is 0. The summed E-state index contributed by atoms with van der Waals surface area (Å²) in [6.45, 7) is 1.50. The second kappa shape index (κ2) is 6.87. The molecule has 0 unspecified atom stereocenters. The SMILES string of the molecule is CC(=O)Nc1cccc(N(c2ccccc2)c2ccc(N)cc2)c1. The molecule has 0 spiro atoms. The highest BCUT2D eigenvalue weighted by Gasteiger charge is 2.12. The Bertz CT molecular complexity index is 829. The zero-order valence-electron chi connectivity index (χ0n) is 13.4. The number of hydrogen-bond acceptors (Lipinski definition) is 3. The molecule has 0 bridgehead atoms. The number of nitrogens with two attached hydrogens (primary N) is 1. The molecule has 0 heterocycles. The summed E-state index contributed by atoms with van der Waals surface area (Å²) >= 11 is 0. The highest BCUT2D eigenvalue weighted by Crippen LogP contribution is 2.35. The smallest absolute Gasteiger partial charge is 0.221 e. The number of para-hydroxylation sites is 1. The van der Waals surface area contributed by atoms with Crippen molar-refractivity contribution in [3.05, 3.63) is 78.9 Å². The maximum atomic E-state index is 11.3. The molecule has 120 valence electrons. The van der Waals surface area contributed by atoms with Crippen LogP contribution >= 0.6 is 0 Å². The summed E-state index contributed by atoms with van der Waals surface area (Å²) in [4.78, 5) is 13.4. The van der Waals surface area contributed by atoms with Crippen LogP contribution in [0.1, 0.15) is 6.92 Å². The van der Waals surface area contributed by atoms with E-state index in [4.69, 9.17) is 5.73 Å². The van der Waals surface area contributed by atoms with Crippen molar-refractivity contribution in [1.29, 1.82) is 0 Å². The molecule has 3 aromatic carbocycles. The molecule has 0 saturated heterocycles. The van der Waals surface area contributed by atoms with Gasteiger partial charge in [0.05, 0.1) is 0 Å². The fourth-order valence-electron chi connectivity index (χ4n) is 2.57. The number of carbonyl (C=O) groups excluding carboxylic acids is 1. The molecule has 4 heteroatoms. The van der Waals surface area contributed by atoms with E-state index in [2.05, 4.69) is 10.2 Å². The van der Waals surface area contributed by atoms with Gasteiger partial charge in [0.2, 0.25) is 5.91 Å². The average molecular weight is 317 g/mol. The predicted molar refractivity (Wildman–Crippen MR) is 99.8 cm³/mol. The number of nitrogens with zero attached hydrogens (tertiary/aromatic N) is 1. The molecule has 3 aromatic rings. The van der Waals surface area contributed by atoms with Crippen LogP contribution in [0.4, 0.5) is 28.4 Å². The molecule has 0 aromatic heterocycles. The van der Waals surface area contributed by atoms with Gasteiger partial charge < -0.3 is 16.0 Å². The maximum absolute atomic E-state index is 11.3. The van der Waals surface area contributed by atoms with Gasteiger partial charge in [-0.25, -0.2) is 0 Å². The summed E-state index contributed by atoms with van der Waals surface area (Å²) in [5.74, 6) is -0.0918. The van der Waals surface area contributed by atoms with Crippen LogP contribution in [0.2, 0.25) is 0 Å². The summed E-state index contributed by atoms with van der Waals surface area (Å²) in [7, 11) is 0. The number of rotatable bonds is 4. The Morgan fingerprint density at radius 3 is 2.12 bits per heavy atom. The molecular weight excluding hydrogens is 298 g/mol. The highest BCUT2D eigenvalue weighted by atomic mass is 16.1. The molecule has 0 saturated carbocycles. The monoisotopic (exact) mass is 317 g/mol. The van der Waals surface area contributed by atoms with Crippen LogP contribution in [0, 0.1) is 0 Å². The van der Waals surface area contributed by atoms with Crippen LogP contribution in [0.5, 0.6) is 0 Å². The first-order valence-electron chi connectivity index (χ1n) is 7.72. The molecule has 0 aliphatic heterocycles. The topological polar surface area (TPSA) is 58.4 Å². The van der Waals surface area contributed by atoms with Crippen molar-refractivity contribution >= 4 is 34.3 Å². The summed E-state index contributed by atoms with van der Waals surface area (Å²) in [5, 5.41) is 2.83. The van der Waals surface area contributed by atoms with Gasteiger partial charge in [-0.05, 0) is 54.6 Å². The van der Waals surface area contributed by atoms with Crippen LogP contribution in [-0.4, -0.2) is 5.91 Å². The van der Waals surface area contributed by atoms with E-state index in [0.29, 0.717) is 0 Å². The van der Waals surface area contributed by atoms with Gasteiger partial charge in [-0.1, -0.05) is 24.3 Å². The standard InChI is InChI=1S/C20H19N3O/c1-15(24)22-17-6-5-9-20(14-17)23(18-7-3-2-4-8-18)19-12-10-16(21)11-13-19/h2-14H,21H2,1H3,(H,22,24). The van der Waals surface area contributed by atoms with Crippen LogP contribution in [-0.2, 0) is 4.79 Å². The van der Waals surface area contributed by atoms with Gasteiger partial charge in [0.15, 0.2) is 0 Å². The molecule has 0 atom stereocenters. The number of nitrogens with one attached hydrogen (secondary N) is 1. The van der Waals surface area contributed by atoms with Crippen molar-refractivity contribution in [2.24, 2.45) is 0 Å². The second-order valence-electron chi connectivity index (χ2n) is 5.49. The lowest BCUT2D eigenvalue weighted by Gasteiger charge is -2.26. The third-order valence-corrected chi connectivity index (χ3v) is 3.59. The normalized spacial score (nSPS) is 10.2. The van der Waals surface area contributed by atoms with Crippen molar-refractivity contribution in [3.63, 3.8) is 0 Å². The van der Waals surface area contributed by atoms with Crippen LogP contribution in [0.3, 0.4) is 0 Å². The number of nitrogen functional groups attached to an aromatic ring is 1. The first kappa shape index (κ1) is 15.6. The fraction of sp³-hybridized carbons (Fsp3) is 0.0500. The van der Waals surface area contributed by atoms with Crippen molar-refractivity contribution in [3.8, 4) is 0 Å². The molecule has 3 N–H and O–H groups in total. The van der Waals surface area contributed by atoms with Crippen molar-refractivity contribution in [2.75, 3.05) is 16.0 Å². The molecule has 0 radical (unpaired) electrons. The second-order valence-corrected chi connectivity index (χ2v) is 5.49. The van der Waals surface area contributed by atoms with E-state index in [9.17, 15) is 4.79 Å². The lowest BCUT2D eigenvalue weighted by molar-refractivity contribution is -0.114. The number of carbonyl (C=O) groups is 1. The van der Waals surface area contributed by atoms with Crippen LogP contribution in [0.25, 0.3) is 0 Å². The molecule has 0 aliphatic carbocycles. The first-order chi connectivity index (χ1) is 11.6. The van der Waals surface area contributed by atoms with Gasteiger partial charge in [-0.15, -0.1) is 0 Å². The van der Waals surface area contributed by atoms with Crippen LogP contribution < -0.4 is 16.0 Å². The lowest BCUT2D eigenvalue weighted by atomic mass is 10.1. The third kappa shape index (κ3) is 3.55. The van der Waals surface area contributed by atoms with Gasteiger partial charge in [-0.2, -0.15) is 0 Å². The van der Waals surface area contributed by atoms with E-state index in [1.807, 2.05) is 78.9 Å². The Kier molecular flexibility index (Phi) is 4.47. The van der Waals surface area contributed by atoms with Gasteiger partial charge in [-0.3, -0.25) is 4.79 Å². The summed E-state index contributed by atoms with van der Waals surface area (Å²) in [5.41, 5.74) is 10.3. The van der Waals surface area contributed by atoms with E-state index in [1.54, 1.807) is 0 Å². The Morgan fingerprint density at radius 1 is 0.833 bits per heavy atom. The van der Waals surface area contributed by atoms with Crippen molar-refractivity contribution in [1.82, 2.24) is 0 Å². The van der Waals surface area contributed by atoms with Crippen molar-refractivity contribution in [2.45, 2.75) is 6.92 Å².